The van der Waals surface area contributed by atoms with Crippen LogP contribution in [0.25, 0.3) is 22.0 Å². The van der Waals surface area contributed by atoms with Crippen molar-refractivity contribution in [2.45, 2.75) is 6.92 Å². The third kappa shape index (κ3) is 1.42. The number of aryl methyl sites for hydroxylation is 1. The molecule has 0 fully saturated rings. The zero-order valence-corrected chi connectivity index (χ0v) is 10.2. The lowest BCUT2D eigenvalue weighted by molar-refractivity contribution is 0.563. The van der Waals surface area contributed by atoms with Gasteiger partial charge in [-0.3, -0.25) is 9.78 Å². The first-order valence-corrected chi connectivity index (χ1v) is 5.57. The standard InChI is InChI=1S/C10H6BrN3O3/c1-3-12-7-4(11)2-5-6(8(7)17-3)9(15)14-10(16)13-5/h2H,1H3,(H2,13,14,15,16). The molecule has 0 spiro atoms. The topological polar surface area (TPSA) is 91.8 Å². The Morgan fingerprint density at radius 2 is 2.12 bits per heavy atom. The van der Waals surface area contributed by atoms with Gasteiger partial charge >= 0.3 is 5.69 Å². The fraction of sp³-hybridized carbons (Fsp3) is 0.100. The SMILES string of the molecule is Cc1nc2c(Br)cc3[nH]c(=O)[nH]c(=O)c3c2o1. The maximum atomic E-state index is 11.8. The molecule has 2 N–H and O–H groups in total. The van der Waals surface area contributed by atoms with Crippen molar-refractivity contribution in [3.8, 4) is 0 Å². The van der Waals surface area contributed by atoms with Gasteiger partial charge in [0.25, 0.3) is 5.56 Å². The quantitative estimate of drug-likeness (QED) is 0.656. The molecule has 0 aliphatic heterocycles. The van der Waals surface area contributed by atoms with Crippen molar-refractivity contribution in [3.63, 3.8) is 0 Å². The summed E-state index contributed by atoms with van der Waals surface area (Å²) in [5.41, 5.74) is 0.300. The Labute approximate surface area is 102 Å². The molecule has 3 rings (SSSR count). The normalized spacial score (nSPS) is 11.4. The van der Waals surface area contributed by atoms with Crippen LogP contribution in [0.15, 0.2) is 24.5 Å². The van der Waals surface area contributed by atoms with Gasteiger partial charge in [-0.1, -0.05) is 0 Å². The fourth-order valence-electron chi connectivity index (χ4n) is 1.79. The number of rotatable bonds is 0. The van der Waals surface area contributed by atoms with E-state index in [9.17, 15) is 9.59 Å². The Hall–Kier alpha value is -1.89. The van der Waals surface area contributed by atoms with E-state index < -0.39 is 11.2 Å². The van der Waals surface area contributed by atoms with Crippen molar-refractivity contribution in [2.75, 3.05) is 0 Å². The highest BCUT2D eigenvalue weighted by Crippen LogP contribution is 2.28. The van der Waals surface area contributed by atoms with E-state index in [1.807, 2.05) is 0 Å². The largest absolute Gasteiger partial charge is 0.440 e. The summed E-state index contributed by atoms with van der Waals surface area (Å²) in [7, 11) is 0. The number of aromatic amines is 2. The predicted octanol–water partition coefficient (Wildman–Crippen LogP) is 1.43. The molecule has 7 heteroatoms. The number of fused-ring (bicyclic) bond motifs is 3. The molecule has 3 aromatic rings. The van der Waals surface area contributed by atoms with Gasteiger partial charge in [0.2, 0.25) is 0 Å². The van der Waals surface area contributed by atoms with Crippen molar-refractivity contribution < 1.29 is 4.42 Å². The Morgan fingerprint density at radius 1 is 1.35 bits per heavy atom. The van der Waals surface area contributed by atoms with E-state index in [0.717, 1.165) is 0 Å². The first kappa shape index (κ1) is 10.3. The molecule has 86 valence electrons. The maximum absolute atomic E-state index is 11.8. The smallest absolute Gasteiger partial charge is 0.326 e. The number of benzene rings is 1. The summed E-state index contributed by atoms with van der Waals surface area (Å²) in [6.07, 6.45) is 0. The van der Waals surface area contributed by atoms with Gasteiger partial charge in [0.15, 0.2) is 11.5 Å². The van der Waals surface area contributed by atoms with Gasteiger partial charge in [0.05, 0.1) is 5.52 Å². The maximum Gasteiger partial charge on any atom is 0.326 e. The van der Waals surface area contributed by atoms with Crippen LogP contribution in [0.1, 0.15) is 5.89 Å². The number of aromatic nitrogens is 3. The van der Waals surface area contributed by atoms with Crippen LogP contribution in [0.2, 0.25) is 0 Å². The van der Waals surface area contributed by atoms with Crippen LogP contribution < -0.4 is 11.2 Å². The summed E-state index contributed by atoms with van der Waals surface area (Å²) < 4.78 is 6.06. The van der Waals surface area contributed by atoms with E-state index in [2.05, 4.69) is 30.9 Å². The average Bonchev–Trinajstić information content (AvgIpc) is 2.58. The summed E-state index contributed by atoms with van der Waals surface area (Å²) in [5.74, 6) is 0.457. The van der Waals surface area contributed by atoms with Crippen molar-refractivity contribution in [1.82, 2.24) is 15.0 Å². The Bertz CT molecular complexity index is 859. The van der Waals surface area contributed by atoms with Crippen LogP contribution in [-0.4, -0.2) is 15.0 Å². The number of halogens is 1. The first-order valence-electron chi connectivity index (χ1n) is 4.78. The minimum absolute atomic E-state index is 0.295. The molecule has 0 saturated heterocycles. The van der Waals surface area contributed by atoms with Gasteiger partial charge in [-0.15, -0.1) is 0 Å². The molecule has 17 heavy (non-hydrogen) atoms. The zero-order chi connectivity index (χ0) is 12.2. The summed E-state index contributed by atoms with van der Waals surface area (Å²) in [6.45, 7) is 1.69. The van der Waals surface area contributed by atoms with Crippen molar-refractivity contribution in [3.05, 3.63) is 37.3 Å². The molecule has 1 aromatic carbocycles. The van der Waals surface area contributed by atoms with Gasteiger partial charge in [-0.2, -0.15) is 0 Å². The van der Waals surface area contributed by atoms with Crippen molar-refractivity contribution in [1.29, 1.82) is 0 Å². The van der Waals surface area contributed by atoms with E-state index in [-0.39, 0.29) is 0 Å². The Kier molecular flexibility index (Phi) is 1.99. The molecule has 0 aliphatic rings. The second-order valence-electron chi connectivity index (χ2n) is 3.60. The summed E-state index contributed by atoms with van der Waals surface area (Å²) in [4.78, 5) is 31.8. The van der Waals surface area contributed by atoms with E-state index in [0.29, 0.717) is 32.4 Å². The first-order chi connectivity index (χ1) is 8.06. The predicted molar refractivity (Wildman–Crippen MR) is 65.2 cm³/mol. The van der Waals surface area contributed by atoms with Gasteiger partial charge in [0.1, 0.15) is 10.9 Å². The molecule has 0 unspecified atom stereocenters. The Morgan fingerprint density at radius 3 is 2.88 bits per heavy atom. The monoisotopic (exact) mass is 295 g/mol. The molecule has 0 amide bonds. The molecular formula is C10H6BrN3O3. The molecule has 0 bridgehead atoms. The van der Waals surface area contributed by atoms with Crippen LogP contribution in [0.5, 0.6) is 0 Å². The van der Waals surface area contributed by atoms with Crippen LogP contribution in [0.3, 0.4) is 0 Å². The van der Waals surface area contributed by atoms with E-state index in [4.69, 9.17) is 4.42 Å². The highest BCUT2D eigenvalue weighted by atomic mass is 79.9. The van der Waals surface area contributed by atoms with Gasteiger partial charge in [-0.25, -0.2) is 9.78 Å². The van der Waals surface area contributed by atoms with E-state index >= 15 is 0 Å². The van der Waals surface area contributed by atoms with Crippen LogP contribution in [0, 0.1) is 6.92 Å². The number of nitrogens with zero attached hydrogens (tertiary/aromatic N) is 1. The molecule has 0 radical (unpaired) electrons. The van der Waals surface area contributed by atoms with E-state index in [1.54, 1.807) is 13.0 Å². The van der Waals surface area contributed by atoms with Crippen LogP contribution in [-0.2, 0) is 0 Å². The fourth-order valence-corrected chi connectivity index (χ4v) is 2.29. The summed E-state index contributed by atoms with van der Waals surface area (Å²) in [6, 6.07) is 1.64. The third-order valence-corrected chi connectivity index (χ3v) is 3.03. The van der Waals surface area contributed by atoms with Crippen LogP contribution in [0.4, 0.5) is 0 Å². The average molecular weight is 296 g/mol. The number of oxazole rings is 1. The lowest BCUT2D eigenvalue weighted by atomic mass is 10.2. The van der Waals surface area contributed by atoms with Gasteiger partial charge in [0, 0.05) is 11.4 Å². The number of hydrogen-bond donors (Lipinski definition) is 2. The molecule has 2 heterocycles. The minimum atomic E-state index is -0.551. The summed E-state index contributed by atoms with van der Waals surface area (Å²) >= 11 is 3.32. The van der Waals surface area contributed by atoms with Crippen molar-refractivity contribution in [2.24, 2.45) is 0 Å². The second-order valence-corrected chi connectivity index (χ2v) is 4.45. The molecule has 0 saturated carbocycles. The highest BCUT2D eigenvalue weighted by Gasteiger charge is 2.14. The zero-order valence-electron chi connectivity index (χ0n) is 8.63. The van der Waals surface area contributed by atoms with E-state index in [1.165, 1.54) is 0 Å². The van der Waals surface area contributed by atoms with Crippen LogP contribution >= 0.6 is 15.9 Å². The molecule has 0 aliphatic carbocycles. The molecule has 2 aromatic heterocycles. The number of hydrogen-bond acceptors (Lipinski definition) is 4. The lowest BCUT2D eigenvalue weighted by Gasteiger charge is -1.98. The molecule has 6 nitrogen and oxygen atoms in total. The second kappa shape index (κ2) is 3.30. The minimum Gasteiger partial charge on any atom is -0.440 e. The highest BCUT2D eigenvalue weighted by molar-refractivity contribution is 9.10. The lowest BCUT2D eigenvalue weighted by Crippen LogP contribution is -2.21. The Balaban J connectivity index is 2.72. The van der Waals surface area contributed by atoms with Gasteiger partial charge < -0.3 is 9.40 Å². The molecule has 0 atom stereocenters. The summed E-state index contributed by atoms with van der Waals surface area (Å²) in [5, 5.41) is 0.295. The number of nitrogens with one attached hydrogen (secondary N) is 2. The third-order valence-electron chi connectivity index (χ3n) is 2.43. The molecular weight excluding hydrogens is 290 g/mol. The van der Waals surface area contributed by atoms with Gasteiger partial charge in [-0.05, 0) is 22.0 Å². The van der Waals surface area contributed by atoms with Crippen molar-refractivity contribution >= 4 is 37.9 Å². The number of H-pyrrole nitrogens is 2.